The fourth-order valence-electron chi connectivity index (χ4n) is 2.47. The third-order valence-corrected chi connectivity index (χ3v) is 4.48. The number of carboxylic acid groups (broad SMARTS) is 1. The monoisotopic (exact) mass is 270 g/mol. The molecule has 19 heavy (non-hydrogen) atoms. The van der Waals surface area contributed by atoms with Gasteiger partial charge < -0.3 is 5.11 Å². The third-order valence-electron chi connectivity index (χ3n) is 3.42. The molecule has 3 heteroatoms. The summed E-state index contributed by atoms with van der Waals surface area (Å²) >= 11 is 1.53. The number of hydrogen-bond acceptors (Lipinski definition) is 2. The standard InChI is InChI=1S/C16H14O2S/c17-16(18)14-6-1-2-7-15(14)19-13-9-8-11-4-3-5-12(11)10-13/h1-2,6-10H,3-5H2,(H,17,18). The van der Waals surface area contributed by atoms with E-state index in [9.17, 15) is 9.90 Å². The molecule has 0 aliphatic heterocycles. The van der Waals surface area contributed by atoms with E-state index in [2.05, 4.69) is 18.2 Å². The molecule has 0 aromatic heterocycles. The highest BCUT2D eigenvalue weighted by atomic mass is 32.2. The maximum Gasteiger partial charge on any atom is 0.336 e. The lowest BCUT2D eigenvalue weighted by atomic mass is 10.1. The van der Waals surface area contributed by atoms with Crippen LogP contribution in [0.15, 0.2) is 52.3 Å². The number of fused-ring (bicyclic) bond motifs is 1. The zero-order valence-electron chi connectivity index (χ0n) is 10.4. The van der Waals surface area contributed by atoms with Gasteiger partial charge in [0.25, 0.3) is 0 Å². The molecule has 0 radical (unpaired) electrons. The fraction of sp³-hybridized carbons (Fsp3) is 0.188. The number of carbonyl (C=O) groups is 1. The smallest absolute Gasteiger partial charge is 0.336 e. The minimum atomic E-state index is -0.871. The predicted octanol–water partition coefficient (Wildman–Crippen LogP) is 4.02. The number of hydrogen-bond donors (Lipinski definition) is 1. The molecule has 96 valence electrons. The fourth-order valence-corrected chi connectivity index (χ4v) is 3.47. The van der Waals surface area contributed by atoms with Crippen molar-refractivity contribution in [2.24, 2.45) is 0 Å². The van der Waals surface area contributed by atoms with Crippen molar-refractivity contribution in [3.63, 3.8) is 0 Å². The Kier molecular flexibility index (Phi) is 3.30. The summed E-state index contributed by atoms with van der Waals surface area (Å²) in [5.41, 5.74) is 3.22. The minimum absolute atomic E-state index is 0.369. The SMILES string of the molecule is O=C(O)c1ccccc1Sc1ccc2c(c1)CCC2. The van der Waals surface area contributed by atoms with Crippen LogP contribution in [0.5, 0.6) is 0 Å². The van der Waals surface area contributed by atoms with Crippen LogP contribution in [0.3, 0.4) is 0 Å². The van der Waals surface area contributed by atoms with Crippen LogP contribution in [0.25, 0.3) is 0 Å². The average Bonchev–Trinajstić information content (AvgIpc) is 2.86. The average molecular weight is 270 g/mol. The molecule has 0 spiro atoms. The van der Waals surface area contributed by atoms with Crippen LogP contribution in [0.2, 0.25) is 0 Å². The zero-order valence-corrected chi connectivity index (χ0v) is 11.2. The molecule has 0 saturated heterocycles. The highest BCUT2D eigenvalue weighted by Crippen LogP contribution is 2.33. The summed E-state index contributed by atoms with van der Waals surface area (Å²) in [7, 11) is 0. The van der Waals surface area contributed by atoms with Gasteiger partial charge in [0.1, 0.15) is 0 Å². The summed E-state index contributed by atoms with van der Waals surface area (Å²) < 4.78 is 0. The summed E-state index contributed by atoms with van der Waals surface area (Å²) in [6, 6.07) is 13.6. The second-order valence-electron chi connectivity index (χ2n) is 4.69. The van der Waals surface area contributed by atoms with Gasteiger partial charge in [-0.15, -0.1) is 0 Å². The van der Waals surface area contributed by atoms with Gasteiger partial charge in [0.05, 0.1) is 5.56 Å². The van der Waals surface area contributed by atoms with E-state index in [1.54, 1.807) is 12.1 Å². The maximum absolute atomic E-state index is 11.2. The van der Waals surface area contributed by atoms with E-state index < -0.39 is 5.97 Å². The van der Waals surface area contributed by atoms with Crippen molar-refractivity contribution in [2.75, 3.05) is 0 Å². The number of carboxylic acids is 1. The van der Waals surface area contributed by atoms with Crippen molar-refractivity contribution >= 4 is 17.7 Å². The van der Waals surface area contributed by atoms with Crippen molar-refractivity contribution < 1.29 is 9.90 Å². The maximum atomic E-state index is 11.2. The van der Waals surface area contributed by atoms with Crippen molar-refractivity contribution in [3.05, 3.63) is 59.2 Å². The minimum Gasteiger partial charge on any atom is -0.478 e. The lowest BCUT2D eigenvalue weighted by Gasteiger charge is -2.07. The Morgan fingerprint density at radius 3 is 2.68 bits per heavy atom. The predicted molar refractivity (Wildman–Crippen MR) is 76.0 cm³/mol. The van der Waals surface area contributed by atoms with Crippen LogP contribution in [-0.2, 0) is 12.8 Å². The summed E-state index contributed by atoms with van der Waals surface area (Å²) in [6.07, 6.45) is 3.55. The van der Waals surface area contributed by atoms with Crippen LogP contribution in [0.1, 0.15) is 27.9 Å². The number of aromatic carboxylic acids is 1. The van der Waals surface area contributed by atoms with E-state index in [0.717, 1.165) is 16.2 Å². The molecule has 0 heterocycles. The van der Waals surface area contributed by atoms with Crippen LogP contribution in [0.4, 0.5) is 0 Å². The van der Waals surface area contributed by atoms with Crippen molar-refractivity contribution in [2.45, 2.75) is 29.1 Å². The first-order valence-electron chi connectivity index (χ1n) is 6.36. The van der Waals surface area contributed by atoms with E-state index >= 15 is 0 Å². The summed E-state index contributed by atoms with van der Waals surface area (Å²) in [6.45, 7) is 0. The molecule has 1 N–H and O–H groups in total. The highest BCUT2D eigenvalue weighted by molar-refractivity contribution is 7.99. The Morgan fingerprint density at radius 2 is 1.84 bits per heavy atom. The Bertz CT molecular complexity index is 634. The van der Waals surface area contributed by atoms with Gasteiger partial charge in [0.2, 0.25) is 0 Å². The second kappa shape index (κ2) is 5.10. The molecule has 0 bridgehead atoms. The van der Waals surface area contributed by atoms with Crippen molar-refractivity contribution in [1.29, 1.82) is 0 Å². The molecule has 0 saturated carbocycles. The normalized spacial score (nSPS) is 13.3. The van der Waals surface area contributed by atoms with Gasteiger partial charge in [-0.1, -0.05) is 30.0 Å². The Morgan fingerprint density at radius 1 is 1.05 bits per heavy atom. The molecular weight excluding hydrogens is 256 g/mol. The summed E-state index contributed by atoms with van der Waals surface area (Å²) in [4.78, 5) is 13.1. The molecule has 1 aliphatic carbocycles. The third kappa shape index (κ3) is 2.51. The van der Waals surface area contributed by atoms with Crippen LogP contribution >= 0.6 is 11.8 Å². The number of benzene rings is 2. The van der Waals surface area contributed by atoms with Crippen molar-refractivity contribution in [1.82, 2.24) is 0 Å². The first kappa shape index (κ1) is 12.3. The lowest BCUT2D eigenvalue weighted by molar-refractivity contribution is 0.0693. The van der Waals surface area contributed by atoms with Crippen molar-refractivity contribution in [3.8, 4) is 0 Å². The Labute approximate surface area is 116 Å². The molecule has 3 rings (SSSR count). The number of aryl methyl sites for hydroxylation is 2. The molecule has 0 fully saturated rings. The van der Waals surface area contributed by atoms with E-state index in [0.29, 0.717) is 5.56 Å². The van der Waals surface area contributed by atoms with Gasteiger partial charge in [-0.2, -0.15) is 0 Å². The van der Waals surface area contributed by atoms with E-state index in [-0.39, 0.29) is 0 Å². The van der Waals surface area contributed by atoms with E-state index in [4.69, 9.17) is 0 Å². The van der Waals surface area contributed by atoms with Crippen LogP contribution < -0.4 is 0 Å². The molecule has 0 unspecified atom stereocenters. The largest absolute Gasteiger partial charge is 0.478 e. The van der Waals surface area contributed by atoms with E-state index in [1.807, 2.05) is 12.1 Å². The molecule has 0 amide bonds. The molecule has 2 nitrogen and oxygen atoms in total. The summed E-state index contributed by atoms with van der Waals surface area (Å²) in [5.74, 6) is -0.871. The highest BCUT2D eigenvalue weighted by Gasteiger charge is 2.13. The van der Waals surface area contributed by atoms with Gasteiger partial charge in [-0.3, -0.25) is 0 Å². The van der Waals surface area contributed by atoms with Gasteiger partial charge in [-0.05, 0) is 54.7 Å². The molecule has 0 atom stereocenters. The first-order chi connectivity index (χ1) is 9.24. The van der Waals surface area contributed by atoms with Gasteiger partial charge >= 0.3 is 5.97 Å². The van der Waals surface area contributed by atoms with Crippen LogP contribution in [0, 0.1) is 0 Å². The first-order valence-corrected chi connectivity index (χ1v) is 7.17. The zero-order chi connectivity index (χ0) is 13.2. The summed E-state index contributed by atoms with van der Waals surface area (Å²) in [5, 5.41) is 9.19. The Hall–Kier alpha value is -1.74. The molecular formula is C16H14O2S. The van der Waals surface area contributed by atoms with E-state index in [1.165, 1.54) is 35.7 Å². The van der Waals surface area contributed by atoms with Gasteiger partial charge in [-0.25, -0.2) is 4.79 Å². The number of rotatable bonds is 3. The second-order valence-corrected chi connectivity index (χ2v) is 5.80. The van der Waals surface area contributed by atoms with Gasteiger partial charge in [0, 0.05) is 9.79 Å². The topological polar surface area (TPSA) is 37.3 Å². The van der Waals surface area contributed by atoms with Crippen LogP contribution in [-0.4, -0.2) is 11.1 Å². The molecule has 1 aliphatic rings. The molecule has 2 aromatic carbocycles. The lowest BCUT2D eigenvalue weighted by Crippen LogP contribution is -1.98. The Balaban J connectivity index is 1.91. The quantitative estimate of drug-likeness (QED) is 0.915. The van der Waals surface area contributed by atoms with Gasteiger partial charge in [0.15, 0.2) is 0 Å². The molecule has 2 aromatic rings.